The lowest BCUT2D eigenvalue weighted by Gasteiger charge is -2.33. The Labute approximate surface area is 156 Å². The maximum Gasteiger partial charge on any atom is 0.263 e. The predicted octanol–water partition coefficient (Wildman–Crippen LogP) is 1.86. The summed E-state index contributed by atoms with van der Waals surface area (Å²) < 4.78 is 36.3. The van der Waals surface area contributed by atoms with Crippen LogP contribution in [-0.2, 0) is 20.6 Å². The van der Waals surface area contributed by atoms with Gasteiger partial charge in [-0.15, -0.1) is 0 Å². The van der Waals surface area contributed by atoms with Crippen molar-refractivity contribution in [2.75, 3.05) is 29.4 Å². The van der Waals surface area contributed by atoms with Crippen LogP contribution in [0.4, 0.5) is 5.69 Å². The number of sulfonamides is 1. The van der Waals surface area contributed by atoms with Gasteiger partial charge in [-0.25, -0.2) is 8.42 Å². The number of para-hydroxylation sites is 2. The van der Waals surface area contributed by atoms with Crippen LogP contribution in [0.5, 0.6) is 5.75 Å². The number of anilines is 1. The van der Waals surface area contributed by atoms with Crippen LogP contribution in [0.3, 0.4) is 0 Å². The highest BCUT2D eigenvalue weighted by molar-refractivity contribution is 7.98. The molecule has 1 amide bonds. The van der Waals surface area contributed by atoms with E-state index in [-0.39, 0.29) is 12.5 Å². The Hall–Kier alpha value is -2.13. The molecule has 1 atom stereocenters. The third-order valence-electron chi connectivity index (χ3n) is 3.80. The molecule has 1 aliphatic rings. The lowest BCUT2D eigenvalue weighted by molar-refractivity contribution is -0.127. The van der Waals surface area contributed by atoms with Crippen molar-refractivity contribution in [2.45, 2.75) is 11.9 Å². The van der Waals surface area contributed by atoms with Crippen molar-refractivity contribution in [2.24, 2.45) is 0 Å². The Kier molecular flexibility index (Phi) is 5.77. The number of amides is 1. The minimum Gasteiger partial charge on any atom is -0.476 e. The summed E-state index contributed by atoms with van der Waals surface area (Å²) in [6, 6.07) is 10.5. The summed E-state index contributed by atoms with van der Waals surface area (Å²) >= 11 is 1.64. The zero-order chi connectivity index (χ0) is 18.6. The molecule has 0 fully saturated rings. The monoisotopic (exact) mass is 396 g/mol. The second-order valence-corrected chi connectivity index (χ2v) is 8.80. The molecule has 0 saturated carbocycles. The van der Waals surface area contributed by atoms with Crippen LogP contribution >= 0.6 is 11.8 Å². The van der Waals surface area contributed by atoms with Gasteiger partial charge in [-0.3, -0.25) is 9.10 Å². The first kappa shape index (κ1) is 18.7. The molecule has 0 aliphatic carbocycles. The number of furan rings is 1. The Morgan fingerprint density at radius 2 is 2.12 bits per heavy atom. The van der Waals surface area contributed by atoms with E-state index in [0.717, 1.165) is 17.8 Å². The fraction of sp³-hybridized carbons (Fsp3) is 0.353. The molecule has 1 aromatic carbocycles. The summed E-state index contributed by atoms with van der Waals surface area (Å²) in [4.78, 5) is 12.4. The molecule has 0 radical (unpaired) electrons. The van der Waals surface area contributed by atoms with Crippen molar-refractivity contribution in [3.63, 3.8) is 0 Å². The molecule has 3 rings (SSSR count). The molecular formula is C17H20N2O5S2. The molecule has 1 aromatic heterocycles. The number of ether oxygens (including phenoxy) is 1. The number of hydrogen-bond acceptors (Lipinski definition) is 6. The van der Waals surface area contributed by atoms with Gasteiger partial charge >= 0.3 is 0 Å². The predicted molar refractivity (Wildman–Crippen MR) is 101 cm³/mol. The van der Waals surface area contributed by atoms with Gasteiger partial charge in [0.05, 0.1) is 30.5 Å². The second-order valence-electron chi connectivity index (χ2n) is 5.79. The van der Waals surface area contributed by atoms with Gasteiger partial charge in [-0.2, -0.15) is 11.8 Å². The normalized spacial score (nSPS) is 16.7. The van der Waals surface area contributed by atoms with Crippen molar-refractivity contribution in [3.8, 4) is 5.75 Å². The summed E-state index contributed by atoms with van der Waals surface area (Å²) in [5.74, 6) is 2.39. The molecule has 2 aromatic rings. The first-order valence-corrected chi connectivity index (χ1v) is 11.1. The van der Waals surface area contributed by atoms with Crippen LogP contribution in [0.2, 0.25) is 0 Å². The van der Waals surface area contributed by atoms with E-state index in [0.29, 0.717) is 23.7 Å². The summed E-state index contributed by atoms with van der Waals surface area (Å²) in [7, 11) is -3.50. The number of nitrogens with one attached hydrogen (secondary N) is 1. The number of benzene rings is 1. The van der Waals surface area contributed by atoms with Gasteiger partial charge in [-0.1, -0.05) is 12.1 Å². The summed E-state index contributed by atoms with van der Waals surface area (Å²) in [5.41, 5.74) is 0.452. The van der Waals surface area contributed by atoms with Gasteiger partial charge < -0.3 is 14.5 Å². The van der Waals surface area contributed by atoms with Gasteiger partial charge in [0.15, 0.2) is 6.10 Å². The van der Waals surface area contributed by atoms with Gasteiger partial charge in [-0.05, 0) is 24.3 Å². The van der Waals surface area contributed by atoms with Crippen LogP contribution in [0.15, 0.2) is 47.1 Å². The molecule has 0 saturated heterocycles. The van der Waals surface area contributed by atoms with Crippen molar-refractivity contribution in [3.05, 3.63) is 48.4 Å². The van der Waals surface area contributed by atoms with Gasteiger partial charge in [0.25, 0.3) is 5.91 Å². The molecule has 7 nitrogen and oxygen atoms in total. The molecule has 26 heavy (non-hydrogen) atoms. The summed E-state index contributed by atoms with van der Waals surface area (Å²) in [5, 5.41) is 2.80. The van der Waals surface area contributed by atoms with E-state index in [4.69, 9.17) is 9.15 Å². The zero-order valence-corrected chi connectivity index (χ0v) is 15.9. The Balaban J connectivity index is 1.54. The first-order chi connectivity index (χ1) is 12.4. The molecule has 0 bridgehead atoms. The highest BCUT2D eigenvalue weighted by Gasteiger charge is 2.34. The van der Waals surface area contributed by atoms with E-state index in [1.54, 1.807) is 42.3 Å². The summed E-state index contributed by atoms with van der Waals surface area (Å²) in [6.07, 6.45) is 1.87. The fourth-order valence-corrected chi connectivity index (χ4v) is 4.25. The number of hydrogen-bond donors (Lipinski definition) is 1. The van der Waals surface area contributed by atoms with Crippen LogP contribution in [0.25, 0.3) is 0 Å². The zero-order valence-electron chi connectivity index (χ0n) is 14.3. The van der Waals surface area contributed by atoms with Gasteiger partial charge in [0, 0.05) is 12.3 Å². The van der Waals surface area contributed by atoms with Crippen molar-refractivity contribution in [1.29, 1.82) is 0 Å². The second kappa shape index (κ2) is 8.05. The minimum absolute atomic E-state index is 0.0405. The Morgan fingerprint density at radius 3 is 2.85 bits per heavy atom. The quantitative estimate of drug-likeness (QED) is 0.719. The van der Waals surface area contributed by atoms with E-state index in [9.17, 15) is 13.2 Å². The van der Waals surface area contributed by atoms with E-state index in [1.165, 1.54) is 4.31 Å². The van der Waals surface area contributed by atoms with E-state index in [2.05, 4.69) is 5.32 Å². The van der Waals surface area contributed by atoms with E-state index >= 15 is 0 Å². The smallest absolute Gasteiger partial charge is 0.263 e. The SMILES string of the molecule is CS(=O)(=O)N1C[C@@H](C(=O)NCCSCc2ccco2)Oc2ccccc21. The maximum absolute atomic E-state index is 12.4. The van der Waals surface area contributed by atoms with Crippen molar-refractivity contribution < 1.29 is 22.4 Å². The average Bonchev–Trinajstić information content (AvgIpc) is 3.13. The Bertz CT molecular complexity index is 852. The van der Waals surface area contributed by atoms with Crippen LogP contribution in [0.1, 0.15) is 5.76 Å². The Morgan fingerprint density at radius 1 is 1.31 bits per heavy atom. The minimum atomic E-state index is -3.50. The molecule has 0 unspecified atom stereocenters. The number of rotatable bonds is 7. The lowest BCUT2D eigenvalue weighted by atomic mass is 10.2. The van der Waals surface area contributed by atoms with Gasteiger partial charge in [0.2, 0.25) is 10.0 Å². The number of carbonyl (C=O) groups excluding carboxylic acids is 1. The highest BCUT2D eigenvalue weighted by Crippen LogP contribution is 2.34. The first-order valence-electron chi connectivity index (χ1n) is 8.06. The van der Waals surface area contributed by atoms with Crippen LogP contribution in [0, 0.1) is 0 Å². The van der Waals surface area contributed by atoms with Crippen LogP contribution < -0.4 is 14.4 Å². The number of nitrogens with zero attached hydrogens (tertiary/aromatic N) is 1. The summed E-state index contributed by atoms with van der Waals surface area (Å²) in [6.45, 7) is 0.422. The highest BCUT2D eigenvalue weighted by atomic mass is 32.2. The van der Waals surface area contributed by atoms with Crippen molar-refractivity contribution in [1.82, 2.24) is 5.32 Å². The van der Waals surface area contributed by atoms with E-state index < -0.39 is 16.1 Å². The van der Waals surface area contributed by atoms with Gasteiger partial charge in [0.1, 0.15) is 11.5 Å². The largest absolute Gasteiger partial charge is 0.476 e. The lowest BCUT2D eigenvalue weighted by Crippen LogP contribution is -2.50. The molecular weight excluding hydrogens is 376 g/mol. The molecule has 0 spiro atoms. The molecule has 1 N–H and O–H groups in total. The molecule has 9 heteroatoms. The third-order valence-corrected chi connectivity index (χ3v) is 5.93. The molecule has 2 heterocycles. The van der Waals surface area contributed by atoms with Crippen molar-refractivity contribution >= 4 is 33.4 Å². The maximum atomic E-state index is 12.4. The number of fused-ring (bicyclic) bond motifs is 1. The third kappa shape index (κ3) is 4.53. The average molecular weight is 396 g/mol. The van der Waals surface area contributed by atoms with Crippen LogP contribution in [-0.4, -0.2) is 45.5 Å². The fourth-order valence-electron chi connectivity index (χ4n) is 2.58. The number of thioether (sulfide) groups is 1. The topological polar surface area (TPSA) is 88.9 Å². The standard InChI is InChI=1S/C17H20N2O5S2/c1-26(21,22)19-11-16(24-15-7-3-2-6-14(15)19)17(20)18-8-10-25-12-13-5-4-9-23-13/h2-7,9,16H,8,10-12H2,1H3,(H,18,20)/t16-/m0/s1. The molecule has 1 aliphatic heterocycles. The molecule has 140 valence electrons. The number of carbonyl (C=O) groups is 1. The van der Waals surface area contributed by atoms with E-state index in [1.807, 2.05) is 12.1 Å².